The van der Waals surface area contributed by atoms with Gasteiger partial charge in [-0.2, -0.15) is 0 Å². The molecule has 5 rings (SSSR count). The third kappa shape index (κ3) is 11.4. The minimum atomic E-state index is -0.833. The van der Waals surface area contributed by atoms with Crippen LogP contribution in [0.4, 0.5) is 30.0 Å². The van der Waals surface area contributed by atoms with Gasteiger partial charge in [-0.1, -0.05) is 6.07 Å². The lowest BCUT2D eigenvalue weighted by atomic mass is 10.0. The number of halogens is 3. The Balaban J connectivity index is 0.000000230. The smallest absolute Gasteiger partial charge is 0.407 e. The van der Waals surface area contributed by atoms with Gasteiger partial charge in [0.25, 0.3) is 0 Å². The highest BCUT2D eigenvalue weighted by Gasteiger charge is 2.38. The highest BCUT2D eigenvalue weighted by Crippen LogP contribution is 2.31. The highest BCUT2D eigenvalue weighted by atomic mass is 127. The maximum absolute atomic E-state index is 13.9. The summed E-state index contributed by atoms with van der Waals surface area (Å²) in [6.45, 7) is 11.3. The van der Waals surface area contributed by atoms with Crippen molar-refractivity contribution >= 4 is 46.4 Å². The van der Waals surface area contributed by atoms with Gasteiger partial charge >= 0.3 is 12.2 Å². The van der Waals surface area contributed by atoms with E-state index in [0.29, 0.717) is 11.4 Å². The van der Waals surface area contributed by atoms with E-state index >= 15 is 0 Å². The zero-order chi connectivity index (χ0) is 35.9. The zero-order valence-electron chi connectivity index (χ0n) is 28.9. The third-order valence-electron chi connectivity index (χ3n) is 8.30. The summed E-state index contributed by atoms with van der Waals surface area (Å²) in [7, 11) is 0. The van der Waals surface area contributed by atoms with E-state index in [9.17, 15) is 23.5 Å². The molecule has 0 aliphatic heterocycles. The van der Waals surface area contributed by atoms with E-state index in [1.165, 1.54) is 24.4 Å². The predicted molar refractivity (Wildman–Crippen MR) is 196 cm³/mol. The number of benzene rings is 1. The maximum Gasteiger partial charge on any atom is 0.407 e. The van der Waals surface area contributed by atoms with E-state index in [2.05, 4.69) is 48.5 Å². The molecule has 10 nitrogen and oxygen atoms in total. The number of amides is 2. The van der Waals surface area contributed by atoms with Crippen LogP contribution in [0.1, 0.15) is 80.1 Å². The number of rotatable bonds is 7. The number of anilines is 2. The number of hydrogen-bond acceptors (Lipinski definition) is 7. The number of carboxylic acid groups (broad SMARTS) is 1. The molecule has 0 bridgehead atoms. The monoisotopic (exact) mass is 792 g/mol. The second-order valence-corrected chi connectivity index (χ2v) is 15.8. The third-order valence-corrected chi connectivity index (χ3v) is 8.94. The first kappa shape index (κ1) is 38.1. The van der Waals surface area contributed by atoms with Crippen LogP contribution in [0, 0.1) is 15.2 Å². The molecule has 2 amide bonds. The van der Waals surface area contributed by atoms with Crippen molar-refractivity contribution in [3.05, 3.63) is 70.1 Å². The van der Waals surface area contributed by atoms with E-state index in [0.717, 1.165) is 47.9 Å². The van der Waals surface area contributed by atoms with Crippen molar-refractivity contribution in [1.29, 1.82) is 0 Å². The van der Waals surface area contributed by atoms with Crippen LogP contribution in [0.3, 0.4) is 0 Å². The number of nitrogens with one attached hydrogen (secondary N) is 3. The molecule has 0 spiro atoms. The number of alkyl carbamates (subject to hydrolysis) is 1. The van der Waals surface area contributed by atoms with Gasteiger partial charge in [-0.25, -0.2) is 28.3 Å². The second-order valence-electron chi connectivity index (χ2n) is 14.5. The lowest BCUT2D eigenvalue weighted by molar-refractivity contribution is 0.0504. The van der Waals surface area contributed by atoms with Crippen LogP contribution in [0.2, 0.25) is 0 Å². The molecule has 4 N–H and O–H groups in total. The molecule has 266 valence electrons. The van der Waals surface area contributed by atoms with Crippen LogP contribution in [-0.4, -0.2) is 67.5 Å². The molecule has 13 heteroatoms. The van der Waals surface area contributed by atoms with Gasteiger partial charge in [0.15, 0.2) is 0 Å². The van der Waals surface area contributed by atoms with E-state index in [1.54, 1.807) is 17.0 Å². The van der Waals surface area contributed by atoms with Crippen molar-refractivity contribution in [2.75, 3.05) is 10.6 Å². The molecule has 4 atom stereocenters. The van der Waals surface area contributed by atoms with Gasteiger partial charge in [-0.3, -0.25) is 0 Å². The van der Waals surface area contributed by atoms with Crippen LogP contribution >= 0.6 is 22.6 Å². The summed E-state index contributed by atoms with van der Waals surface area (Å²) in [5.74, 6) is 0.255. The first-order valence-corrected chi connectivity index (χ1v) is 17.6. The molecule has 2 fully saturated rings. The summed E-state index contributed by atoms with van der Waals surface area (Å²) in [5, 5.41) is 19.1. The molecule has 2 aliphatic rings. The zero-order valence-corrected chi connectivity index (χ0v) is 31.1. The van der Waals surface area contributed by atoms with E-state index < -0.39 is 29.4 Å². The largest absolute Gasteiger partial charge is 0.465 e. The van der Waals surface area contributed by atoms with Gasteiger partial charge in [0.05, 0.1) is 5.56 Å². The van der Waals surface area contributed by atoms with Crippen LogP contribution in [0.5, 0.6) is 0 Å². The van der Waals surface area contributed by atoms with E-state index in [1.807, 2.05) is 59.9 Å². The van der Waals surface area contributed by atoms with Crippen molar-refractivity contribution in [2.45, 2.75) is 115 Å². The van der Waals surface area contributed by atoms with E-state index in [-0.39, 0.29) is 35.3 Å². The standard InChI is InChI=1S/C21H25F2N3O2.C15H22IN3O2/c1-21(2,3)28-20(27)26-15-9-8-14(11-15)25-18-10-7-13(12-24-18)19-16(22)5-4-6-17(19)23;1-15(2,3)19(14(20)21)12-6-5-11(8-12)18-13-7-4-10(16)9-17-13/h4-7,10,12,14-15H,8-9,11H2,1-3H3,(H,24,25)(H,26,27);4,7,9,11-12H,5-6,8H2,1-3H3,(H,17,18)(H,20,21)/t14-,15-;11-,12-/m00/s1. The Labute approximate surface area is 301 Å². The number of nitrogens with zero attached hydrogens (tertiary/aromatic N) is 3. The fraction of sp³-hybridized carbons (Fsp3) is 0.500. The molecule has 0 unspecified atom stereocenters. The Kier molecular flexibility index (Phi) is 12.7. The van der Waals surface area contributed by atoms with Gasteiger partial charge in [0.1, 0.15) is 28.9 Å². The molecule has 2 aliphatic carbocycles. The van der Waals surface area contributed by atoms with Crippen molar-refractivity contribution in [2.24, 2.45) is 0 Å². The summed E-state index contributed by atoms with van der Waals surface area (Å²) in [5.41, 5.74) is -0.586. The molecule has 1 aromatic carbocycles. The van der Waals surface area contributed by atoms with Crippen molar-refractivity contribution < 1.29 is 28.2 Å². The molecule has 2 aromatic heterocycles. The van der Waals surface area contributed by atoms with Gasteiger partial charge in [0, 0.05) is 51.2 Å². The molecule has 0 radical (unpaired) electrons. The Bertz CT molecular complexity index is 1540. The van der Waals surface area contributed by atoms with Crippen molar-refractivity contribution in [3.8, 4) is 11.1 Å². The van der Waals surface area contributed by atoms with E-state index in [4.69, 9.17) is 4.74 Å². The Morgan fingerprint density at radius 1 is 0.837 bits per heavy atom. The molecule has 2 heterocycles. The number of hydrogen-bond donors (Lipinski definition) is 4. The topological polar surface area (TPSA) is 129 Å². The van der Waals surface area contributed by atoms with Gasteiger partial charge < -0.3 is 30.7 Å². The number of carbonyl (C=O) groups excluding carboxylic acids is 1. The van der Waals surface area contributed by atoms with Crippen LogP contribution < -0.4 is 16.0 Å². The van der Waals surface area contributed by atoms with Crippen molar-refractivity contribution in [3.63, 3.8) is 0 Å². The SMILES string of the molecule is CC(C)(C)N(C(=O)O)[C@H]1CC[C@H](Nc2ccc(I)cn2)C1.CC(C)(C)OC(=O)N[C@H]1CC[C@H](Nc2ccc(-c3c(F)cccc3F)cn2)C1. The summed E-state index contributed by atoms with van der Waals surface area (Å²) in [4.78, 5) is 33.6. The fourth-order valence-corrected chi connectivity index (χ4v) is 6.63. The molecular formula is C36H47F2IN6O4. The first-order chi connectivity index (χ1) is 23.0. The minimum Gasteiger partial charge on any atom is -0.465 e. The predicted octanol–water partition coefficient (Wildman–Crippen LogP) is 8.68. The Morgan fingerprint density at radius 2 is 1.41 bits per heavy atom. The number of aromatic nitrogens is 2. The molecule has 49 heavy (non-hydrogen) atoms. The van der Waals surface area contributed by atoms with Gasteiger partial charge in [0.2, 0.25) is 0 Å². The van der Waals surface area contributed by atoms with Gasteiger partial charge in [-0.15, -0.1) is 0 Å². The quantitative estimate of drug-likeness (QED) is 0.175. The molecular weight excluding hydrogens is 745 g/mol. The summed E-state index contributed by atoms with van der Waals surface area (Å²) in [6, 6.07) is 11.7. The molecule has 3 aromatic rings. The molecule has 0 saturated heterocycles. The average molecular weight is 793 g/mol. The Morgan fingerprint density at radius 3 is 1.94 bits per heavy atom. The maximum atomic E-state index is 13.9. The lowest BCUT2D eigenvalue weighted by Gasteiger charge is -2.38. The summed E-state index contributed by atoms with van der Waals surface area (Å²) < 4.78 is 34.2. The normalized spacial score (nSPS) is 20.5. The Hall–Kier alpha value is -3.75. The van der Waals surface area contributed by atoms with Crippen LogP contribution in [-0.2, 0) is 4.74 Å². The van der Waals surface area contributed by atoms with Crippen molar-refractivity contribution in [1.82, 2.24) is 20.2 Å². The summed E-state index contributed by atoms with van der Waals surface area (Å²) in [6.07, 6.45) is 7.21. The highest BCUT2D eigenvalue weighted by molar-refractivity contribution is 14.1. The van der Waals surface area contributed by atoms with Crippen LogP contribution in [0.25, 0.3) is 11.1 Å². The number of carbonyl (C=O) groups is 2. The number of ether oxygens (including phenoxy) is 1. The van der Waals surface area contributed by atoms with Gasteiger partial charge in [-0.05, 0) is 139 Å². The minimum absolute atomic E-state index is 0.0409. The first-order valence-electron chi connectivity index (χ1n) is 16.6. The average Bonchev–Trinajstić information content (AvgIpc) is 3.62. The lowest BCUT2D eigenvalue weighted by Crippen LogP contribution is -2.50. The number of pyridine rings is 2. The summed E-state index contributed by atoms with van der Waals surface area (Å²) >= 11 is 2.23. The van der Waals surface area contributed by atoms with Crippen LogP contribution in [0.15, 0.2) is 54.9 Å². The second kappa shape index (κ2) is 16.3. The fourth-order valence-electron chi connectivity index (χ4n) is 6.31. The molecule has 2 saturated carbocycles.